The van der Waals surface area contributed by atoms with Gasteiger partial charge in [-0.05, 0) is 37.3 Å². The van der Waals surface area contributed by atoms with Gasteiger partial charge in [-0.25, -0.2) is 0 Å². The molecule has 1 aromatic rings. The van der Waals surface area contributed by atoms with E-state index in [2.05, 4.69) is 10.1 Å². The normalized spacial score (nSPS) is 30.8. The molecule has 2 aliphatic rings. The molecule has 1 fully saturated rings. The number of aliphatic hydroxyl groups is 1. The lowest BCUT2D eigenvalue weighted by Gasteiger charge is -2.39. The number of amides is 1. The number of hydrogen-bond donors (Lipinski definition) is 1. The van der Waals surface area contributed by atoms with Crippen molar-refractivity contribution in [2.24, 2.45) is 16.9 Å². The van der Waals surface area contributed by atoms with Crippen LogP contribution in [0.25, 0.3) is 0 Å². The number of aromatic nitrogens is 1. The lowest BCUT2D eigenvalue weighted by molar-refractivity contribution is -0.313. The quantitative estimate of drug-likeness (QED) is 0.862. The summed E-state index contributed by atoms with van der Waals surface area (Å²) in [5.41, 5.74) is -3.12. The minimum absolute atomic E-state index is 0.0290. The zero-order chi connectivity index (χ0) is 16.8. The van der Waals surface area contributed by atoms with Gasteiger partial charge in [0.1, 0.15) is 0 Å². The van der Waals surface area contributed by atoms with Crippen LogP contribution >= 0.6 is 0 Å². The molecule has 1 aliphatic carbocycles. The first-order valence-electron chi connectivity index (χ1n) is 7.36. The van der Waals surface area contributed by atoms with Crippen LogP contribution in [0.5, 0.6) is 0 Å². The van der Waals surface area contributed by atoms with Crippen molar-refractivity contribution in [2.75, 3.05) is 0 Å². The highest BCUT2D eigenvalue weighted by Crippen LogP contribution is 2.49. The summed E-state index contributed by atoms with van der Waals surface area (Å²) in [7, 11) is 0. The number of rotatable bonds is 1. The Morgan fingerprint density at radius 3 is 2.83 bits per heavy atom. The lowest BCUT2D eigenvalue weighted by Crippen LogP contribution is -2.61. The van der Waals surface area contributed by atoms with E-state index < -0.39 is 23.7 Å². The van der Waals surface area contributed by atoms with Gasteiger partial charge in [0.15, 0.2) is 0 Å². The first kappa shape index (κ1) is 15.9. The summed E-state index contributed by atoms with van der Waals surface area (Å²) >= 11 is 0. The van der Waals surface area contributed by atoms with Gasteiger partial charge in [-0.2, -0.15) is 23.3 Å². The molecule has 0 bridgehead atoms. The summed E-state index contributed by atoms with van der Waals surface area (Å²) in [6.45, 7) is 1.83. The Morgan fingerprint density at radius 2 is 2.22 bits per heavy atom. The summed E-state index contributed by atoms with van der Waals surface area (Å²) in [4.78, 5) is 16.2. The molecule has 23 heavy (non-hydrogen) atoms. The summed E-state index contributed by atoms with van der Waals surface area (Å²) < 4.78 is 40.9. The fourth-order valence-electron chi connectivity index (χ4n) is 3.22. The van der Waals surface area contributed by atoms with Gasteiger partial charge in [0, 0.05) is 18.1 Å². The van der Waals surface area contributed by atoms with Gasteiger partial charge >= 0.3 is 6.18 Å². The molecule has 0 radical (unpaired) electrons. The van der Waals surface area contributed by atoms with Crippen molar-refractivity contribution in [1.29, 1.82) is 0 Å². The molecular formula is C15H16F3N3O2. The molecule has 0 spiro atoms. The van der Waals surface area contributed by atoms with E-state index in [9.17, 15) is 23.1 Å². The van der Waals surface area contributed by atoms with Crippen LogP contribution in [0.2, 0.25) is 0 Å². The van der Waals surface area contributed by atoms with Crippen molar-refractivity contribution in [3.8, 4) is 0 Å². The van der Waals surface area contributed by atoms with Gasteiger partial charge in [0.2, 0.25) is 0 Å². The summed E-state index contributed by atoms with van der Waals surface area (Å²) in [6, 6.07) is 2.79. The highest BCUT2D eigenvalue weighted by molar-refractivity contribution is 5.99. The molecule has 124 valence electrons. The third-order valence-corrected chi connectivity index (χ3v) is 4.49. The van der Waals surface area contributed by atoms with Crippen LogP contribution in [0.4, 0.5) is 13.2 Å². The molecule has 1 aromatic heterocycles. The number of fused-ring (bicyclic) bond motifs is 1. The Labute approximate surface area is 130 Å². The maximum Gasteiger partial charge on any atom is 0.439 e. The number of hydrazone groups is 1. The number of halogens is 3. The summed E-state index contributed by atoms with van der Waals surface area (Å²) in [5.74, 6) is -2.19. The van der Waals surface area contributed by atoms with Gasteiger partial charge in [0.25, 0.3) is 11.6 Å². The lowest BCUT2D eigenvalue weighted by atomic mass is 9.76. The minimum atomic E-state index is -5.00. The zero-order valence-electron chi connectivity index (χ0n) is 12.4. The van der Waals surface area contributed by atoms with E-state index in [-0.39, 0.29) is 28.6 Å². The van der Waals surface area contributed by atoms with Gasteiger partial charge < -0.3 is 5.11 Å². The van der Waals surface area contributed by atoms with Crippen LogP contribution in [0.1, 0.15) is 36.5 Å². The smallest absolute Gasteiger partial charge is 0.362 e. The van der Waals surface area contributed by atoms with Crippen molar-refractivity contribution in [1.82, 2.24) is 9.99 Å². The Kier molecular flexibility index (Phi) is 3.66. The first-order chi connectivity index (χ1) is 10.7. The average molecular weight is 327 g/mol. The number of hydrogen-bond acceptors (Lipinski definition) is 4. The van der Waals surface area contributed by atoms with E-state index in [4.69, 9.17) is 0 Å². The van der Waals surface area contributed by atoms with E-state index in [0.717, 1.165) is 6.20 Å². The largest absolute Gasteiger partial charge is 0.439 e. The molecule has 3 atom stereocenters. The third-order valence-electron chi connectivity index (χ3n) is 4.49. The number of carbonyl (C=O) groups excluding carboxylic acids is 1. The molecule has 1 N–H and O–H groups in total. The second-order valence-electron chi connectivity index (χ2n) is 6.11. The first-order valence-corrected chi connectivity index (χ1v) is 7.36. The van der Waals surface area contributed by atoms with Crippen LogP contribution in [-0.2, 0) is 0 Å². The molecule has 5 nitrogen and oxygen atoms in total. The van der Waals surface area contributed by atoms with Gasteiger partial charge in [0.05, 0.1) is 11.5 Å². The van der Waals surface area contributed by atoms with Crippen molar-refractivity contribution in [2.45, 2.75) is 38.1 Å². The Balaban J connectivity index is 2.04. The molecule has 1 aliphatic heterocycles. The molecule has 0 unspecified atom stereocenters. The maximum atomic E-state index is 13.6. The monoisotopic (exact) mass is 327 g/mol. The highest BCUT2D eigenvalue weighted by Gasteiger charge is 2.68. The van der Waals surface area contributed by atoms with Crippen molar-refractivity contribution in [3.05, 3.63) is 30.1 Å². The standard InChI is InChI=1S/C15H16F3N3O2/c1-9-4-5-12-11(7-9)14(23,15(16,17)18)21(20-12)13(22)10-3-2-6-19-8-10/h2-3,6,8-9,11,23H,4-5,7H2,1H3/t9-,11-,14+/m1/s1. The van der Waals surface area contributed by atoms with E-state index in [1.54, 1.807) is 0 Å². The molecule has 0 saturated heterocycles. The number of alkyl halides is 3. The molecule has 2 heterocycles. The fraction of sp³-hybridized carbons (Fsp3) is 0.533. The molecule has 1 amide bonds. The van der Waals surface area contributed by atoms with Crippen LogP contribution in [-0.4, -0.2) is 38.6 Å². The van der Waals surface area contributed by atoms with Crippen LogP contribution in [0, 0.1) is 11.8 Å². The fourth-order valence-corrected chi connectivity index (χ4v) is 3.22. The third kappa shape index (κ3) is 2.41. The summed E-state index contributed by atoms with van der Waals surface area (Å²) in [5, 5.41) is 14.5. The van der Waals surface area contributed by atoms with Crippen LogP contribution in [0.3, 0.4) is 0 Å². The zero-order valence-corrected chi connectivity index (χ0v) is 12.4. The number of carbonyl (C=O) groups is 1. The highest BCUT2D eigenvalue weighted by atomic mass is 19.4. The molecule has 1 saturated carbocycles. The van der Waals surface area contributed by atoms with Gasteiger partial charge in [-0.3, -0.25) is 9.78 Å². The maximum absolute atomic E-state index is 13.6. The SMILES string of the molecule is C[C@@H]1CCC2=NN(C(=O)c3cccnc3)[C@@](O)(C(F)(F)F)[C@@H]2C1. The Morgan fingerprint density at radius 1 is 1.48 bits per heavy atom. The van der Waals surface area contributed by atoms with E-state index >= 15 is 0 Å². The number of nitrogens with zero attached hydrogens (tertiary/aromatic N) is 3. The molecule has 0 aromatic carbocycles. The second kappa shape index (κ2) is 5.30. The van der Waals surface area contributed by atoms with Crippen molar-refractivity contribution in [3.63, 3.8) is 0 Å². The Hall–Kier alpha value is -1.96. The minimum Gasteiger partial charge on any atom is -0.362 e. The molecule has 8 heteroatoms. The number of pyridine rings is 1. The van der Waals surface area contributed by atoms with E-state index in [0.29, 0.717) is 12.8 Å². The van der Waals surface area contributed by atoms with E-state index in [1.165, 1.54) is 18.3 Å². The van der Waals surface area contributed by atoms with Crippen molar-refractivity contribution >= 4 is 11.6 Å². The molecular weight excluding hydrogens is 311 g/mol. The topological polar surface area (TPSA) is 65.8 Å². The Bertz CT molecular complexity index is 647. The van der Waals surface area contributed by atoms with Gasteiger partial charge in [-0.15, -0.1) is 0 Å². The second-order valence-corrected chi connectivity index (χ2v) is 6.11. The van der Waals surface area contributed by atoms with Crippen LogP contribution in [0.15, 0.2) is 29.6 Å². The molecule has 3 rings (SSSR count). The van der Waals surface area contributed by atoms with Gasteiger partial charge in [-0.1, -0.05) is 6.92 Å². The van der Waals surface area contributed by atoms with E-state index in [1.807, 2.05) is 6.92 Å². The summed E-state index contributed by atoms with van der Waals surface area (Å²) in [6.07, 6.45) is -1.25. The van der Waals surface area contributed by atoms with Crippen LogP contribution < -0.4 is 0 Å². The average Bonchev–Trinajstić information content (AvgIpc) is 2.81. The predicted molar refractivity (Wildman–Crippen MR) is 75.4 cm³/mol. The predicted octanol–water partition coefficient (Wildman–Crippen LogP) is 2.58. The van der Waals surface area contributed by atoms with Crippen molar-refractivity contribution < 1.29 is 23.1 Å².